The van der Waals surface area contributed by atoms with Crippen LogP contribution >= 0.6 is 0 Å². The second kappa shape index (κ2) is 8.60. The van der Waals surface area contributed by atoms with E-state index in [0.29, 0.717) is 16.8 Å². The molecule has 1 fully saturated rings. The van der Waals surface area contributed by atoms with Gasteiger partial charge in [-0.1, -0.05) is 29.8 Å². The minimum Gasteiger partial charge on any atom is -0.507 e. The number of Topliss-reactive ketones (excluding diaryl/α,β-unsaturated/α-hetero) is 1. The van der Waals surface area contributed by atoms with E-state index in [9.17, 15) is 19.1 Å². The van der Waals surface area contributed by atoms with Gasteiger partial charge >= 0.3 is 0 Å². The number of aryl methyl sites for hydroxylation is 1. The summed E-state index contributed by atoms with van der Waals surface area (Å²) in [6, 6.07) is 18.0. The molecule has 6 nitrogen and oxygen atoms in total. The van der Waals surface area contributed by atoms with Crippen LogP contribution in [0.25, 0.3) is 5.76 Å². The number of nitrogens with zero attached hydrogens (tertiary/aromatic N) is 2. The van der Waals surface area contributed by atoms with E-state index in [-0.39, 0.29) is 16.9 Å². The van der Waals surface area contributed by atoms with Crippen molar-refractivity contribution in [3.63, 3.8) is 0 Å². The molecule has 0 aromatic heterocycles. The van der Waals surface area contributed by atoms with Gasteiger partial charge in [-0.15, -0.1) is 0 Å². The molecule has 0 aliphatic carbocycles. The van der Waals surface area contributed by atoms with Crippen LogP contribution in [0.1, 0.15) is 28.3 Å². The molecule has 3 aromatic rings. The Kier molecular flexibility index (Phi) is 5.67. The number of hydrogen-bond donors (Lipinski definition) is 1. The van der Waals surface area contributed by atoms with Gasteiger partial charge < -0.3 is 9.84 Å². The molecule has 3 aromatic carbocycles. The van der Waals surface area contributed by atoms with Crippen LogP contribution in [0.4, 0.5) is 10.1 Å². The molecule has 4 rings (SSSR count). The molecule has 0 spiro atoms. The number of carbonyl (C=O) groups is 2. The molecule has 33 heavy (non-hydrogen) atoms. The molecule has 1 amide bonds. The van der Waals surface area contributed by atoms with Gasteiger partial charge in [0.2, 0.25) is 0 Å². The summed E-state index contributed by atoms with van der Waals surface area (Å²) in [7, 11) is 1.36. The SMILES string of the molecule is COc1ccc(F)cc1/C(O)=C1\C(=O)C(=O)N(c2ccc(C#N)cc2)C1c1cccc(C)c1. The lowest BCUT2D eigenvalue weighted by Crippen LogP contribution is -2.29. The molecule has 0 saturated carbocycles. The number of rotatable bonds is 4. The normalized spacial score (nSPS) is 17.2. The van der Waals surface area contributed by atoms with E-state index in [0.717, 1.165) is 11.6 Å². The first kappa shape index (κ1) is 21.8. The molecule has 1 aliphatic rings. The zero-order valence-corrected chi connectivity index (χ0v) is 17.9. The van der Waals surface area contributed by atoms with Crippen LogP contribution in [-0.4, -0.2) is 23.9 Å². The lowest BCUT2D eigenvalue weighted by Gasteiger charge is -2.26. The van der Waals surface area contributed by atoms with Gasteiger partial charge in [-0.05, 0) is 55.0 Å². The van der Waals surface area contributed by atoms with Gasteiger partial charge in [0.1, 0.15) is 17.3 Å². The molecule has 1 heterocycles. The van der Waals surface area contributed by atoms with Gasteiger partial charge in [0.05, 0.1) is 35.9 Å². The first-order chi connectivity index (χ1) is 15.8. The van der Waals surface area contributed by atoms with Gasteiger partial charge in [0, 0.05) is 5.69 Å². The van der Waals surface area contributed by atoms with E-state index >= 15 is 0 Å². The van der Waals surface area contributed by atoms with E-state index in [4.69, 9.17) is 10.00 Å². The fourth-order valence-corrected chi connectivity index (χ4v) is 3.96. The summed E-state index contributed by atoms with van der Waals surface area (Å²) in [6.07, 6.45) is 0. The van der Waals surface area contributed by atoms with Crippen LogP contribution < -0.4 is 9.64 Å². The third-order valence-electron chi connectivity index (χ3n) is 5.49. The van der Waals surface area contributed by atoms with E-state index in [1.165, 1.54) is 36.3 Å². The predicted molar refractivity (Wildman–Crippen MR) is 120 cm³/mol. The molecule has 1 N–H and O–H groups in total. The highest BCUT2D eigenvalue weighted by Gasteiger charge is 2.47. The predicted octanol–water partition coefficient (Wildman–Crippen LogP) is 4.64. The number of halogens is 1. The topological polar surface area (TPSA) is 90.6 Å². The van der Waals surface area contributed by atoms with Crippen molar-refractivity contribution in [2.75, 3.05) is 12.0 Å². The van der Waals surface area contributed by atoms with Crippen molar-refractivity contribution >= 4 is 23.1 Å². The molecule has 1 unspecified atom stereocenters. The third kappa shape index (κ3) is 3.83. The minimum absolute atomic E-state index is 0.0343. The van der Waals surface area contributed by atoms with Gasteiger partial charge in [-0.2, -0.15) is 5.26 Å². The first-order valence-corrected chi connectivity index (χ1v) is 10.1. The number of methoxy groups -OCH3 is 1. The minimum atomic E-state index is -0.967. The van der Waals surface area contributed by atoms with Gasteiger partial charge in [-0.25, -0.2) is 4.39 Å². The number of aliphatic hydroxyl groups is 1. The Hall–Kier alpha value is -4.44. The summed E-state index contributed by atoms with van der Waals surface area (Å²) < 4.78 is 19.3. The van der Waals surface area contributed by atoms with Crippen LogP contribution in [0.15, 0.2) is 72.3 Å². The maximum Gasteiger partial charge on any atom is 0.300 e. The zero-order chi connectivity index (χ0) is 23.7. The number of amides is 1. The summed E-state index contributed by atoms with van der Waals surface area (Å²) in [4.78, 5) is 27.6. The van der Waals surface area contributed by atoms with Crippen LogP contribution in [0.5, 0.6) is 5.75 Å². The lowest BCUT2D eigenvalue weighted by atomic mass is 9.94. The fraction of sp³-hybridized carbons (Fsp3) is 0.115. The Balaban J connectivity index is 1.98. The maximum atomic E-state index is 14.0. The Labute approximate surface area is 189 Å². The van der Waals surface area contributed by atoms with Crippen LogP contribution in [-0.2, 0) is 9.59 Å². The van der Waals surface area contributed by atoms with E-state index in [2.05, 4.69) is 0 Å². The summed E-state index contributed by atoms with van der Waals surface area (Å²) in [6.45, 7) is 1.87. The molecular weight excluding hydrogens is 423 g/mol. The summed E-state index contributed by atoms with van der Waals surface area (Å²) in [5, 5.41) is 20.3. The number of nitriles is 1. The van der Waals surface area contributed by atoms with Crippen molar-refractivity contribution in [2.24, 2.45) is 0 Å². The lowest BCUT2D eigenvalue weighted by molar-refractivity contribution is -0.132. The molecule has 0 radical (unpaired) electrons. The number of benzene rings is 3. The number of ether oxygens (including phenoxy) is 1. The van der Waals surface area contributed by atoms with E-state index < -0.39 is 29.3 Å². The number of ketones is 1. The molecule has 1 atom stereocenters. The first-order valence-electron chi connectivity index (χ1n) is 10.1. The standard InChI is InChI=1S/C26H19FN2O4/c1-15-4-3-5-17(12-15)23-22(24(30)20-13-18(27)8-11-21(20)33-2)25(31)26(32)29(23)19-9-6-16(14-28)7-10-19/h3-13,23,30H,1-2H3/b24-22+. The molecule has 1 aliphatic heterocycles. The van der Waals surface area contributed by atoms with Crippen molar-refractivity contribution in [2.45, 2.75) is 13.0 Å². The van der Waals surface area contributed by atoms with E-state index in [1.54, 1.807) is 24.3 Å². The number of aliphatic hydroxyl groups excluding tert-OH is 1. The second-order valence-electron chi connectivity index (χ2n) is 7.59. The quantitative estimate of drug-likeness (QED) is 0.361. The fourth-order valence-electron chi connectivity index (χ4n) is 3.96. The Bertz CT molecular complexity index is 1340. The largest absolute Gasteiger partial charge is 0.507 e. The highest BCUT2D eigenvalue weighted by atomic mass is 19.1. The number of anilines is 1. The smallest absolute Gasteiger partial charge is 0.300 e. The Morgan fingerprint density at radius 1 is 1.09 bits per heavy atom. The molecular formula is C26H19FN2O4. The third-order valence-corrected chi connectivity index (χ3v) is 5.49. The monoisotopic (exact) mass is 442 g/mol. The van der Waals surface area contributed by atoms with Crippen molar-refractivity contribution < 1.29 is 23.8 Å². The van der Waals surface area contributed by atoms with Crippen molar-refractivity contribution in [1.82, 2.24) is 0 Å². The number of hydrogen-bond acceptors (Lipinski definition) is 5. The number of carbonyl (C=O) groups excluding carboxylic acids is 2. The average molecular weight is 442 g/mol. The molecule has 164 valence electrons. The van der Waals surface area contributed by atoms with Gasteiger partial charge in [0.25, 0.3) is 11.7 Å². The van der Waals surface area contributed by atoms with Crippen LogP contribution in [0.2, 0.25) is 0 Å². The highest BCUT2D eigenvalue weighted by molar-refractivity contribution is 6.51. The maximum absolute atomic E-state index is 14.0. The molecule has 0 bridgehead atoms. The van der Waals surface area contributed by atoms with Crippen molar-refractivity contribution in [3.8, 4) is 11.8 Å². The summed E-state index contributed by atoms with van der Waals surface area (Å²) in [5.41, 5.74) is 2.04. The molecule has 7 heteroatoms. The van der Waals surface area contributed by atoms with E-state index in [1.807, 2.05) is 25.1 Å². The van der Waals surface area contributed by atoms with Gasteiger partial charge in [-0.3, -0.25) is 14.5 Å². The van der Waals surface area contributed by atoms with Crippen LogP contribution in [0.3, 0.4) is 0 Å². The summed E-state index contributed by atoms with van der Waals surface area (Å²) >= 11 is 0. The Morgan fingerprint density at radius 3 is 2.45 bits per heavy atom. The average Bonchev–Trinajstić information content (AvgIpc) is 3.09. The second-order valence-corrected chi connectivity index (χ2v) is 7.59. The molecule has 1 saturated heterocycles. The van der Waals surface area contributed by atoms with Crippen molar-refractivity contribution in [3.05, 3.63) is 100 Å². The van der Waals surface area contributed by atoms with Crippen LogP contribution in [0, 0.1) is 24.1 Å². The summed E-state index contributed by atoms with van der Waals surface area (Å²) in [5.74, 6) is -2.77. The van der Waals surface area contributed by atoms with Gasteiger partial charge in [0.15, 0.2) is 0 Å². The zero-order valence-electron chi connectivity index (χ0n) is 17.9. The Morgan fingerprint density at radius 2 is 1.82 bits per heavy atom. The van der Waals surface area contributed by atoms with Crippen molar-refractivity contribution in [1.29, 1.82) is 5.26 Å². The highest BCUT2D eigenvalue weighted by Crippen LogP contribution is 2.43.